The smallest absolute Gasteiger partial charge is 0.258 e. The Hall–Kier alpha value is -1.62. The maximum absolute atomic E-state index is 12.1. The highest BCUT2D eigenvalue weighted by Gasteiger charge is 2.12. The summed E-state index contributed by atoms with van der Waals surface area (Å²) in [5.74, 6) is -0.315. The Morgan fingerprint density at radius 3 is 2.38 bits per heavy atom. The zero-order valence-corrected chi connectivity index (χ0v) is 13.2. The van der Waals surface area contributed by atoms with Gasteiger partial charge in [-0.25, -0.2) is 4.98 Å². The van der Waals surface area contributed by atoms with E-state index in [9.17, 15) is 4.79 Å². The number of hydrogen-bond donors (Lipinski definition) is 1. The van der Waals surface area contributed by atoms with Crippen LogP contribution in [0.3, 0.4) is 0 Å². The number of carbonyl (C=O) groups is 1. The fraction of sp³-hybridized carbons (Fsp3) is 0.200. The summed E-state index contributed by atoms with van der Waals surface area (Å²) in [7, 11) is 4.01. The van der Waals surface area contributed by atoms with Crippen LogP contribution in [0.1, 0.15) is 15.9 Å². The second kappa shape index (κ2) is 6.89. The number of benzene rings is 1. The maximum Gasteiger partial charge on any atom is 0.258 e. The molecule has 0 unspecified atom stereocenters. The van der Waals surface area contributed by atoms with Gasteiger partial charge in [-0.05, 0) is 43.9 Å². The minimum absolute atomic E-state index is 0.0872. The standard InChI is InChI=1S/C15H15Cl2N3O/c1-20(2)9-10-3-5-11(6-4-10)18-15(21)12-7-8-13(16)19-14(12)17/h3-8H,9H2,1-2H3,(H,18,21). The Morgan fingerprint density at radius 1 is 1.14 bits per heavy atom. The van der Waals surface area contributed by atoms with E-state index < -0.39 is 0 Å². The van der Waals surface area contributed by atoms with Crippen molar-refractivity contribution in [2.75, 3.05) is 19.4 Å². The largest absolute Gasteiger partial charge is 0.322 e. The number of pyridine rings is 1. The summed E-state index contributed by atoms with van der Waals surface area (Å²) in [4.78, 5) is 18.0. The van der Waals surface area contributed by atoms with Crippen LogP contribution < -0.4 is 5.32 Å². The van der Waals surface area contributed by atoms with Crippen LogP contribution in [0.15, 0.2) is 36.4 Å². The number of anilines is 1. The van der Waals surface area contributed by atoms with Crippen LogP contribution in [0, 0.1) is 0 Å². The van der Waals surface area contributed by atoms with Gasteiger partial charge in [0.15, 0.2) is 0 Å². The highest BCUT2D eigenvalue weighted by Crippen LogP contribution is 2.18. The lowest BCUT2D eigenvalue weighted by Gasteiger charge is -2.11. The molecule has 1 aromatic carbocycles. The molecule has 110 valence electrons. The van der Waals surface area contributed by atoms with Crippen molar-refractivity contribution in [3.05, 3.63) is 57.8 Å². The summed E-state index contributed by atoms with van der Waals surface area (Å²) >= 11 is 11.6. The SMILES string of the molecule is CN(C)Cc1ccc(NC(=O)c2ccc(Cl)nc2Cl)cc1. The Bertz CT molecular complexity index is 642. The molecule has 0 aliphatic heterocycles. The van der Waals surface area contributed by atoms with Crippen LogP contribution in [0.2, 0.25) is 10.3 Å². The summed E-state index contributed by atoms with van der Waals surface area (Å²) in [6.07, 6.45) is 0. The number of nitrogens with zero attached hydrogens (tertiary/aromatic N) is 2. The van der Waals surface area contributed by atoms with Gasteiger partial charge in [0.2, 0.25) is 0 Å². The Balaban J connectivity index is 2.08. The van der Waals surface area contributed by atoms with Gasteiger partial charge in [0, 0.05) is 12.2 Å². The first-order valence-electron chi connectivity index (χ1n) is 6.33. The summed E-state index contributed by atoms with van der Waals surface area (Å²) in [5, 5.41) is 3.12. The third-order valence-electron chi connectivity index (χ3n) is 2.77. The molecule has 0 saturated heterocycles. The van der Waals surface area contributed by atoms with Gasteiger partial charge in [-0.15, -0.1) is 0 Å². The quantitative estimate of drug-likeness (QED) is 0.872. The van der Waals surface area contributed by atoms with E-state index in [-0.39, 0.29) is 16.2 Å². The molecule has 2 aromatic rings. The highest BCUT2D eigenvalue weighted by molar-refractivity contribution is 6.35. The van der Waals surface area contributed by atoms with Crippen molar-refractivity contribution in [1.29, 1.82) is 0 Å². The van der Waals surface area contributed by atoms with Crippen LogP contribution in [0.25, 0.3) is 0 Å². The molecule has 0 aliphatic carbocycles. The summed E-state index contributed by atoms with van der Waals surface area (Å²) in [6, 6.07) is 10.7. The highest BCUT2D eigenvalue weighted by atomic mass is 35.5. The van der Waals surface area contributed by atoms with Crippen LogP contribution in [-0.4, -0.2) is 29.9 Å². The minimum atomic E-state index is -0.315. The molecule has 0 atom stereocenters. The minimum Gasteiger partial charge on any atom is -0.322 e. The van der Waals surface area contributed by atoms with E-state index in [1.54, 1.807) is 6.07 Å². The molecule has 21 heavy (non-hydrogen) atoms. The van der Waals surface area contributed by atoms with E-state index in [1.165, 1.54) is 11.6 Å². The average molecular weight is 324 g/mol. The fourth-order valence-corrected chi connectivity index (χ4v) is 2.27. The molecule has 4 nitrogen and oxygen atoms in total. The van der Waals surface area contributed by atoms with E-state index in [4.69, 9.17) is 23.2 Å². The van der Waals surface area contributed by atoms with Gasteiger partial charge in [-0.2, -0.15) is 0 Å². The average Bonchev–Trinajstić information content (AvgIpc) is 2.40. The molecule has 0 radical (unpaired) electrons. The van der Waals surface area contributed by atoms with Gasteiger partial charge < -0.3 is 10.2 Å². The molecule has 2 rings (SSSR count). The molecular weight excluding hydrogens is 309 g/mol. The number of hydrogen-bond acceptors (Lipinski definition) is 3. The van der Waals surface area contributed by atoms with Crippen molar-refractivity contribution >= 4 is 34.8 Å². The number of rotatable bonds is 4. The molecule has 0 aliphatic rings. The number of nitrogens with one attached hydrogen (secondary N) is 1. The van der Waals surface area contributed by atoms with Crippen molar-refractivity contribution < 1.29 is 4.79 Å². The molecule has 0 saturated carbocycles. The molecule has 0 spiro atoms. The summed E-state index contributed by atoms with van der Waals surface area (Å²) in [6.45, 7) is 0.848. The van der Waals surface area contributed by atoms with Crippen molar-refractivity contribution in [3.8, 4) is 0 Å². The number of carbonyl (C=O) groups excluding carboxylic acids is 1. The van der Waals surface area contributed by atoms with Gasteiger partial charge in [0.1, 0.15) is 10.3 Å². The Kier molecular flexibility index (Phi) is 5.17. The predicted octanol–water partition coefficient (Wildman–Crippen LogP) is 3.70. The molecule has 6 heteroatoms. The van der Waals surface area contributed by atoms with Crippen LogP contribution in [0.5, 0.6) is 0 Å². The Morgan fingerprint density at radius 2 is 1.81 bits per heavy atom. The zero-order valence-electron chi connectivity index (χ0n) is 11.7. The molecule has 1 N–H and O–H groups in total. The van der Waals surface area contributed by atoms with Crippen LogP contribution in [-0.2, 0) is 6.54 Å². The lowest BCUT2D eigenvalue weighted by atomic mass is 10.2. The van der Waals surface area contributed by atoms with Crippen molar-refractivity contribution in [1.82, 2.24) is 9.88 Å². The summed E-state index contributed by atoms with van der Waals surface area (Å²) in [5.41, 5.74) is 2.16. The van der Waals surface area contributed by atoms with Gasteiger partial charge in [-0.1, -0.05) is 35.3 Å². The van der Waals surface area contributed by atoms with Crippen molar-refractivity contribution in [2.24, 2.45) is 0 Å². The monoisotopic (exact) mass is 323 g/mol. The molecule has 0 bridgehead atoms. The van der Waals surface area contributed by atoms with E-state index >= 15 is 0 Å². The summed E-state index contributed by atoms with van der Waals surface area (Å²) < 4.78 is 0. The van der Waals surface area contributed by atoms with Crippen molar-refractivity contribution in [3.63, 3.8) is 0 Å². The molecule has 1 amide bonds. The van der Waals surface area contributed by atoms with Crippen molar-refractivity contribution in [2.45, 2.75) is 6.54 Å². The normalized spacial score (nSPS) is 10.7. The van der Waals surface area contributed by atoms with E-state index in [0.29, 0.717) is 11.3 Å². The number of aromatic nitrogens is 1. The molecule has 0 fully saturated rings. The Labute approximate surface area is 133 Å². The first kappa shape index (κ1) is 15.8. The van der Waals surface area contributed by atoms with E-state index in [0.717, 1.165) is 6.54 Å². The predicted molar refractivity (Wildman–Crippen MR) is 86.0 cm³/mol. The molecular formula is C15H15Cl2N3O. The molecule has 1 heterocycles. The first-order chi connectivity index (χ1) is 9.95. The third-order valence-corrected chi connectivity index (χ3v) is 3.27. The second-order valence-corrected chi connectivity index (χ2v) is 5.61. The van der Waals surface area contributed by atoms with Gasteiger partial charge in [-0.3, -0.25) is 4.79 Å². The van der Waals surface area contributed by atoms with Gasteiger partial charge in [0.25, 0.3) is 5.91 Å². The number of amides is 1. The van der Waals surface area contributed by atoms with Crippen LogP contribution in [0.4, 0.5) is 5.69 Å². The van der Waals surface area contributed by atoms with E-state index in [2.05, 4.69) is 15.2 Å². The second-order valence-electron chi connectivity index (χ2n) is 4.86. The third kappa shape index (κ3) is 4.43. The van der Waals surface area contributed by atoms with Gasteiger partial charge in [0.05, 0.1) is 5.56 Å². The fourth-order valence-electron chi connectivity index (χ4n) is 1.84. The number of halogens is 2. The first-order valence-corrected chi connectivity index (χ1v) is 7.08. The van der Waals surface area contributed by atoms with Gasteiger partial charge >= 0.3 is 0 Å². The maximum atomic E-state index is 12.1. The zero-order chi connectivity index (χ0) is 15.4. The lowest BCUT2D eigenvalue weighted by Crippen LogP contribution is -2.13. The van der Waals surface area contributed by atoms with E-state index in [1.807, 2.05) is 38.4 Å². The van der Waals surface area contributed by atoms with Crippen LogP contribution >= 0.6 is 23.2 Å². The topological polar surface area (TPSA) is 45.2 Å². The molecule has 1 aromatic heterocycles. The lowest BCUT2D eigenvalue weighted by molar-refractivity contribution is 0.102.